The molecule has 194 valence electrons. The lowest BCUT2D eigenvalue weighted by atomic mass is 10.0. The normalized spacial score (nSPS) is 16.9. The molecule has 0 aliphatic carbocycles. The van der Waals surface area contributed by atoms with E-state index >= 15 is 0 Å². The zero-order valence-corrected chi connectivity index (χ0v) is 21.1. The molecule has 2 aliphatic heterocycles. The smallest absolute Gasteiger partial charge is 0.231 e. The van der Waals surface area contributed by atoms with E-state index in [1.807, 2.05) is 67.6 Å². The fraction of sp³-hybridized carbons (Fsp3) is 0.345. The summed E-state index contributed by atoms with van der Waals surface area (Å²) < 4.78 is 22.2. The van der Waals surface area contributed by atoms with E-state index in [9.17, 15) is 5.11 Å². The van der Waals surface area contributed by atoms with Gasteiger partial charge in [-0.3, -0.25) is 4.90 Å². The number of ether oxygens (including phenoxy) is 4. The molecule has 0 unspecified atom stereocenters. The van der Waals surface area contributed by atoms with Gasteiger partial charge in [-0.25, -0.2) is 0 Å². The number of hydrogen-bond donors (Lipinski definition) is 1. The van der Waals surface area contributed by atoms with E-state index in [0.29, 0.717) is 26.1 Å². The molecule has 0 spiro atoms. The van der Waals surface area contributed by atoms with Gasteiger partial charge in [0.1, 0.15) is 30.3 Å². The maximum Gasteiger partial charge on any atom is 0.231 e. The highest BCUT2D eigenvalue weighted by molar-refractivity contribution is 6.01. The highest BCUT2D eigenvalue weighted by Gasteiger charge is 2.27. The predicted molar refractivity (Wildman–Crippen MR) is 140 cm³/mol. The average Bonchev–Trinajstić information content (AvgIpc) is 3.57. The summed E-state index contributed by atoms with van der Waals surface area (Å²) in [5.41, 5.74) is 3.95. The van der Waals surface area contributed by atoms with Crippen LogP contribution in [0.15, 0.2) is 71.9 Å². The topological polar surface area (TPSA) is 82.0 Å². The third-order valence-electron chi connectivity index (χ3n) is 6.43. The minimum atomic E-state index is -0.680. The number of aryl methyl sites for hydroxylation is 1. The summed E-state index contributed by atoms with van der Waals surface area (Å²) in [4.78, 5) is 7.99. The number of aliphatic hydroxyl groups excluding tert-OH is 1. The van der Waals surface area contributed by atoms with Crippen LogP contribution in [0.2, 0.25) is 0 Å². The zero-order chi connectivity index (χ0) is 25.6. The minimum absolute atomic E-state index is 0.143. The van der Waals surface area contributed by atoms with Crippen LogP contribution in [-0.2, 0) is 11.4 Å². The van der Waals surface area contributed by atoms with Crippen LogP contribution in [0.1, 0.15) is 23.1 Å². The summed E-state index contributed by atoms with van der Waals surface area (Å²) in [6, 6.07) is 21.6. The van der Waals surface area contributed by atoms with Gasteiger partial charge in [-0.2, -0.15) is 0 Å². The number of methoxy groups -OCH3 is 1. The fourth-order valence-electron chi connectivity index (χ4n) is 4.55. The molecule has 2 aliphatic rings. The Balaban J connectivity index is 1.23. The van der Waals surface area contributed by atoms with E-state index in [4.69, 9.17) is 23.8 Å². The third-order valence-corrected chi connectivity index (χ3v) is 6.43. The highest BCUT2D eigenvalue weighted by atomic mass is 16.7. The molecule has 8 heteroatoms. The van der Waals surface area contributed by atoms with Crippen molar-refractivity contribution in [3.8, 4) is 23.0 Å². The van der Waals surface area contributed by atoms with E-state index in [0.717, 1.165) is 45.4 Å². The summed E-state index contributed by atoms with van der Waals surface area (Å²) in [5, 5.41) is 15.2. The lowest BCUT2D eigenvalue weighted by Crippen LogP contribution is -2.39. The summed E-state index contributed by atoms with van der Waals surface area (Å²) >= 11 is 0. The molecular formula is C29H32N2O6. The van der Waals surface area contributed by atoms with Crippen LogP contribution in [0, 0.1) is 6.92 Å². The quantitative estimate of drug-likeness (QED) is 0.420. The molecule has 1 N–H and O–H groups in total. The number of para-hydroxylation sites is 1. The van der Waals surface area contributed by atoms with E-state index in [2.05, 4.69) is 16.1 Å². The Morgan fingerprint density at radius 3 is 2.78 bits per heavy atom. The average molecular weight is 505 g/mol. The van der Waals surface area contributed by atoms with Gasteiger partial charge in [-0.15, -0.1) is 0 Å². The minimum Gasteiger partial charge on any atom is -0.497 e. The molecule has 3 aromatic rings. The highest BCUT2D eigenvalue weighted by Crippen LogP contribution is 2.33. The van der Waals surface area contributed by atoms with Crippen LogP contribution in [-0.4, -0.2) is 61.5 Å². The van der Waals surface area contributed by atoms with E-state index in [1.165, 1.54) is 0 Å². The first kappa shape index (κ1) is 24.9. The first-order chi connectivity index (χ1) is 18.1. The third kappa shape index (κ3) is 6.34. The summed E-state index contributed by atoms with van der Waals surface area (Å²) in [5.74, 6) is 3.04. The summed E-state index contributed by atoms with van der Waals surface area (Å²) in [7, 11) is 1.66. The molecule has 37 heavy (non-hydrogen) atoms. The molecule has 0 saturated carbocycles. The largest absolute Gasteiger partial charge is 0.497 e. The van der Waals surface area contributed by atoms with Gasteiger partial charge in [0.05, 0.1) is 12.8 Å². The molecule has 0 amide bonds. The molecule has 0 aromatic heterocycles. The Kier molecular flexibility index (Phi) is 7.77. The van der Waals surface area contributed by atoms with E-state index in [-0.39, 0.29) is 19.5 Å². The first-order valence-corrected chi connectivity index (χ1v) is 12.4. The van der Waals surface area contributed by atoms with Gasteiger partial charge in [0.15, 0.2) is 11.5 Å². The van der Waals surface area contributed by atoms with Gasteiger partial charge >= 0.3 is 0 Å². The molecule has 0 bridgehead atoms. The lowest BCUT2D eigenvalue weighted by molar-refractivity contribution is 0.0212. The molecule has 0 fully saturated rings. The van der Waals surface area contributed by atoms with Crippen molar-refractivity contribution in [2.75, 3.05) is 33.6 Å². The first-order valence-electron chi connectivity index (χ1n) is 12.4. The van der Waals surface area contributed by atoms with Gasteiger partial charge in [0.25, 0.3) is 0 Å². The molecule has 2 heterocycles. The van der Waals surface area contributed by atoms with Gasteiger partial charge in [-0.1, -0.05) is 35.5 Å². The number of nitrogens with zero attached hydrogens (tertiary/aromatic N) is 2. The van der Waals surface area contributed by atoms with Gasteiger partial charge in [-0.05, 0) is 54.4 Å². The van der Waals surface area contributed by atoms with Crippen molar-refractivity contribution >= 4 is 5.71 Å². The van der Waals surface area contributed by atoms with Crippen molar-refractivity contribution in [3.05, 3.63) is 83.4 Å². The van der Waals surface area contributed by atoms with Crippen LogP contribution in [0.25, 0.3) is 0 Å². The number of fused-ring (bicyclic) bond motifs is 1. The Hall–Kier alpha value is -3.75. The van der Waals surface area contributed by atoms with Crippen LogP contribution in [0.3, 0.4) is 0 Å². The number of aliphatic hydroxyl groups is 1. The maximum absolute atomic E-state index is 10.9. The SMILES string of the molecule is COc1cccc(CN(C[C@H](O)COc2ccccc2C)C[C@H]2CC(c3ccc4c(c3)OCO4)=NO2)c1. The molecule has 0 radical (unpaired) electrons. The molecule has 8 nitrogen and oxygen atoms in total. The Labute approximate surface area is 217 Å². The Morgan fingerprint density at radius 1 is 1.05 bits per heavy atom. The zero-order valence-electron chi connectivity index (χ0n) is 21.1. The number of oxime groups is 1. The van der Waals surface area contributed by atoms with Crippen molar-refractivity contribution in [1.82, 2.24) is 4.90 Å². The van der Waals surface area contributed by atoms with Crippen molar-refractivity contribution < 1.29 is 28.9 Å². The Bertz CT molecular complexity index is 1250. The molecular weight excluding hydrogens is 472 g/mol. The second kappa shape index (κ2) is 11.5. The van der Waals surface area contributed by atoms with Crippen molar-refractivity contribution in [3.63, 3.8) is 0 Å². The van der Waals surface area contributed by atoms with Crippen molar-refractivity contribution in [1.29, 1.82) is 0 Å². The standard InChI is InChI=1S/C29H32N2O6/c1-20-6-3-4-9-27(20)34-18-23(32)16-31(15-21-7-5-8-24(12-21)33-2)17-25-14-26(30-37-25)22-10-11-28-29(13-22)36-19-35-28/h3-13,23,25,32H,14-19H2,1-2H3/t23-,25+/m0/s1. The van der Waals surface area contributed by atoms with Gasteiger partial charge in [0.2, 0.25) is 6.79 Å². The Morgan fingerprint density at radius 2 is 1.92 bits per heavy atom. The fourth-order valence-corrected chi connectivity index (χ4v) is 4.55. The van der Waals surface area contributed by atoms with Crippen molar-refractivity contribution in [2.24, 2.45) is 5.16 Å². The van der Waals surface area contributed by atoms with E-state index < -0.39 is 6.10 Å². The molecule has 5 rings (SSSR count). The lowest BCUT2D eigenvalue weighted by Gasteiger charge is -2.27. The summed E-state index contributed by atoms with van der Waals surface area (Å²) in [6.45, 7) is 4.06. The second-order valence-corrected chi connectivity index (χ2v) is 9.31. The maximum atomic E-state index is 10.9. The van der Waals surface area contributed by atoms with Gasteiger partial charge in [0, 0.05) is 31.6 Å². The monoisotopic (exact) mass is 504 g/mol. The number of hydrogen-bond acceptors (Lipinski definition) is 8. The van der Waals surface area contributed by atoms with E-state index in [1.54, 1.807) is 7.11 Å². The molecule has 3 aromatic carbocycles. The molecule has 2 atom stereocenters. The number of benzene rings is 3. The van der Waals surface area contributed by atoms with Crippen LogP contribution >= 0.6 is 0 Å². The second-order valence-electron chi connectivity index (χ2n) is 9.31. The molecule has 0 saturated heterocycles. The summed E-state index contributed by atoms with van der Waals surface area (Å²) in [6.07, 6.45) is -0.166. The van der Waals surface area contributed by atoms with Crippen LogP contribution in [0.5, 0.6) is 23.0 Å². The van der Waals surface area contributed by atoms with Crippen LogP contribution < -0.4 is 18.9 Å². The predicted octanol–water partition coefficient (Wildman–Crippen LogP) is 4.17. The number of rotatable bonds is 11. The van der Waals surface area contributed by atoms with Crippen LogP contribution in [0.4, 0.5) is 0 Å². The van der Waals surface area contributed by atoms with Gasteiger partial charge < -0.3 is 28.9 Å². The van der Waals surface area contributed by atoms with Crippen molar-refractivity contribution in [2.45, 2.75) is 32.1 Å².